The Labute approximate surface area is 156 Å². The average Bonchev–Trinajstić information content (AvgIpc) is 2.66. The van der Waals surface area contributed by atoms with Gasteiger partial charge in [0.2, 0.25) is 0 Å². The van der Waals surface area contributed by atoms with Crippen LogP contribution in [-0.4, -0.2) is 59.4 Å². The van der Waals surface area contributed by atoms with E-state index in [1.807, 2.05) is 13.0 Å². The molecular weight excluding hydrogens is 352 g/mol. The summed E-state index contributed by atoms with van der Waals surface area (Å²) in [7, 11) is 0. The third-order valence-electron chi connectivity index (χ3n) is 3.76. The standard InChI is InChI=1S/C17H20N6O2S/c1-14(11-15(12-18)19-2)20-13-21-7-9-22(10-8-21)26-17-5-3-16(4-6-17)23(24)25/h3-6,11H,2,7-10,13H2,1H3/b15-11-,20-14-. The summed E-state index contributed by atoms with van der Waals surface area (Å²) in [6, 6.07) is 8.55. The van der Waals surface area contributed by atoms with E-state index in [0.717, 1.165) is 36.8 Å². The van der Waals surface area contributed by atoms with E-state index in [-0.39, 0.29) is 11.4 Å². The van der Waals surface area contributed by atoms with Gasteiger partial charge in [-0.05, 0) is 43.8 Å². The predicted octanol–water partition coefficient (Wildman–Crippen LogP) is 2.75. The molecule has 1 aromatic carbocycles. The maximum atomic E-state index is 10.7. The zero-order valence-corrected chi connectivity index (χ0v) is 15.4. The summed E-state index contributed by atoms with van der Waals surface area (Å²) in [5.74, 6) is 0. The summed E-state index contributed by atoms with van der Waals surface area (Å²) in [6.45, 7) is 9.28. The second-order valence-corrected chi connectivity index (χ2v) is 6.80. The number of rotatable bonds is 7. The van der Waals surface area contributed by atoms with Gasteiger partial charge in [-0.2, -0.15) is 5.26 Å². The molecule has 0 amide bonds. The van der Waals surface area contributed by atoms with E-state index < -0.39 is 4.92 Å². The van der Waals surface area contributed by atoms with Crippen LogP contribution in [0.15, 0.2) is 50.9 Å². The van der Waals surface area contributed by atoms with Crippen LogP contribution < -0.4 is 0 Å². The first-order chi connectivity index (χ1) is 12.5. The highest BCUT2D eigenvalue weighted by molar-refractivity contribution is 7.97. The molecule has 9 heteroatoms. The molecule has 0 aromatic heterocycles. The first-order valence-corrected chi connectivity index (χ1v) is 8.78. The lowest BCUT2D eigenvalue weighted by atomic mass is 10.3. The van der Waals surface area contributed by atoms with Crippen molar-refractivity contribution >= 4 is 30.1 Å². The quantitative estimate of drug-likeness (QED) is 0.240. The minimum atomic E-state index is -0.393. The van der Waals surface area contributed by atoms with Gasteiger partial charge in [0, 0.05) is 48.9 Å². The zero-order valence-electron chi connectivity index (χ0n) is 14.5. The van der Waals surface area contributed by atoms with Crippen molar-refractivity contribution < 1.29 is 4.92 Å². The molecule has 8 nitrogen and oxygen atoms in total. The van der Waals surface area contributed by atoms with Crippen LogP contribution >= 0.6 is 11.9 Å². The third-order valence-corrected chi connectivity index (χ3v) is 4.87. The van der Waals surface area contributed by atoms with Crippen molar-refractivity contribution in [3.8, 4) is 6.07 Å². The monoisotopic (exact) mass is 372 g/mol. The van der Waals surface area contributed by atoms with Crippen LogP contribution in [0.5, 0.6) is 0 Å². The Morgan fingerprint density at radius 1 is 1.38 bits per heavy atom. The van der Waals surface area contributed by atoms with E-state index in [2.05, 4.69) is 25.9 Å². The summed E-state index contributed by atoms with van der Waals surface area (Å²) in [5.41, 5.74) is 1.11. The van der Waals surface area contributed by atoms with Gasteiger partial charge in [-0.1, -0.05) is 0 Å². The number of non-ortho nitro benzene ring substituents is 1. The fraction of sp³-hybridized carbons (Fsp3) is 0.353. The molecule has 0 radical (unpaired) electrons. The number of piperazine rings is 1. The fourth-order valence-electron chi connectivity index (χ4n) is 2.31. The Morgan fingerprint density at radius 2 is 2.04 bits per heavy atom. The van der Waals surface area contributed by atoms with Gasteiger partial charge < -0.3 is 0 Å². The topological polar surface area (TPSA) is 98.1 Å². The van der Waals surface area contributed by atoms with Crippen molar-refractivity contribution in [1.82, 2.24) is 9.21 Å². The van der Waals surface area contributed by atoms with Gasteiger partial charge in [-0.15, -0.1) is 0 Å². The van der Waals surface area contributed by atoms with E-state index in [1.54, 1.807) is 30.2 Å². The number of aliphatic imine (C=N–C) groups is 2. The van der Waals surface area contributed by atoms with E-state index >= 15 is 0 Å². The van der Waals surface area contributed by atoms with Gasteiger partial charge in [-0.25, -0.2) is 4.31 Å². The average molecular weight is 372 g/mol. The predicted molar refractivity (Wildman–Crippen MR) is 103 cm³/mol. The van der Waals surface area contributed by atoms with Crippen LogP contribution in [0.3, 0.4) is 0 Å². The number of hydrogen-bond acceptors (Lipinski definition) is 8. The highest BCUT2D eigenvalue weighted by atomic mass is 32.2. The van der Waals surface area contributed by atoms with Crippen molar-refractivity contribution in [3.63, 3.8) is 0 Å². The number of hydrogen-bond donors (Lipinski definition) is 0. The lowest BCUT2D eigenvalue weighted by Crippen LogP contribution is -2.43. The van der Waals surface area contributed by atoms with Crippen LogP contribution in [0.4, 0.5) is 5.69 Å². The van der Waals surface area contributed by atoms with Gasteiger partial charge in [0.25, 0.3) is 5.69 Å². The van der Waals surface area contributed by atoms with E-state index in [4.69, 9.17) is 5.26 Å². The molecular formula is C17H20N6O2S. The van der Waals surface area contributed by atoms with Crippen LogP contribution in [0.2, 0.25) is 0 Å². The molecule has 0 unspecified atom stereocenters. The smallest absolute Gasteiger partial charge is 0.269 e. The van der Waals surface area contributed by atoms with E-state index in [9.17, 15) is 10.1 Å². The lowest BCUT2D eigenvalue weighted by Gasteiger charge is -2.32. The second-order valence-electron chi connectivity index (χ2n) is 5.63. The summed E-state index contributed by atoms with van der Waals surface area (Å²) in [5, 5.41) is 19.5. The minimum absolute atomic E-state index is 0.104. The molecule has 1 aliphatic heterocycles. The molecule has 1 aliphatic rings. The molecule has 136 valence electrons. The Morgan fingerprint density at radius 3 is 2.58 bits per heavy atom. The van der Waals surface area contributed by atoms with Gasteiger partial charge in [0.05, 0.1) is 11.6 Å². The molecule has 1 saturated heterocycles. The van der Waals surface area contributed by atoms with Gasteiger partial charge >= 0.3 is 0 Å². The van der Waals surface area contributed by atoms with Crippen LogP contribution in [0.1, 0.15) is 6.92 Å². The molecule has 2 rings (SSSR count). The number of nitro benzene ring substituents is 1. The molecule has 0 aliphatic carbocycles. The van der Waals surface area contributed by atoms with Crippen molar-refractivity contribution in [2.24, 2.45) is 9.98 Å². The molecule has 26 heavy (non-hydrogen) atoms. The number of nitrogens with zero attached hydrogens (tertiary/aromatic N) is 6. The molecule has 0 spiro atoms. The maximum absolute atomic E-state index is 10.7. The summed E-state index contributed by atoms with van der Waals surface area (Å²) < 4.78 is 2.24. The molecule has 1 aromatic rings. The molecule has 1 fully saturated rings. The Bertz CT molecular complexity index is 746. The molecule has 0 N–H and O–H groups in total. The highest BCUT2D eigenvalue weighted by Gasteiger charge is 2.17. The molecule has 0 bridgehead atoms. The number of nitro groups is 1. The van der Waals surface area contributed by atoms with Gasteiger partial charge in [0.15, 0.2) is 0 Å². The first-order valence-electron chi connectivity index (χ1n) is 8.01. The second kappa shape index (κ2) is 9.82. The lowest BCUT2D eigenvalue weighted by molar-refractivity contribution is -0.384. The molecule has 0 atom stereocenters. The Balaban J connectivity index is 1.80. The van der Waals surface area contributed by atoms with Gasteiger partial charge in [-0.3, -0.25) is 25.0 Å². The zero-order chi connectivity index (χ0) is 18.9. The molecule has 0 saturated carbocycles. The maximum Gasteiger partial charge on any atom is 0.269 e. The normalized spacial score (nSPS) is 16.9. The summed E-state index contributed by atoms with van der Waals surface area (Å²) in [4.78, 5) is 21.6. The van der Waals surface area contributed by atoms with Crippen molar-refractivity contribution in [1.29, 1.82) is 5.26 Å². The van der Waals surface area contributed by atoms with Crippen LogP contribution in [0, 0.1) is 21.4 Å². The highest BCUT2D eigenvalue weighted by Crippen LogP contribution is 2.25. The number of allylic oxidation sites excluding steroid dienone is 2. The SMILES string of the molecule is C=N/C(C#N)=C\C(C)=N/CN1CCN(Sc2ccc([N+](=O)[O-])cc2)CC1. The Hall–Kier alpha value is -2.54. The van der Waals surface area contributed by atoms with Crippen molar-refractivity contribution in [3.05, 3.63) is 46.2 Å². The van der Waals surface area contributed by atoms with E-state index in [1.165, 1.54) is 12.1 Å². The number of benzene rings is 1. The van der Waals surface area contributed by atoms with Gasteiger partial charge in [0.1, 0.15) is 11.8 Å². The number of nitriles is 1. The van der Waals surface area contributed by atoms with Crippen molar-refractivity contribution in [2.75, 3.05) is 32.8 Å². The fourth-order valence-corrected chi connectivity index (χ4v) is 3.21. The largest absolute Gasteiger partial charge is 0.282 e. The minimum Gasteiger partial charge on any atom is -0.282 e. The summed E-state index contributed by atoms with van der Waals surface area (Å²) in [6.07, 6.45) is 1.62. The van der Waals surface area contributed by atoms with Crippen molar-refractivity contribution in [2.45, 2.75) is 11.8 Å². The third kappa shape index (κ3) is 6.07. The summed E-state index contributed by atoms with van der Waals surface area (Å²) >= 11 is 1.61. The van der Waals surface area contributed by atoms with E-state index in [0.29, 0.717) is 6.67 Å². The van der Waals surface area contributed by atoms with Crippen LogP contribution in [0.25, 0.3) is 0 Å². The molecule has 1 heterocycles. The van der Waals surface area contributed by atoms with Crippen LogP contribution in [-0.2, 0) is 0 Å². The Kier molecular flexibility index (Phi) is 7.47. The first kappa shape index (κ1) is 19.8.